The van der Waals surface area contributed by atoms with Crippen molar-refractivity contribution in [3.63, 3.8) is 0 Å². The lowest BCUT2D eigenvalue weighted by Gasteiger charge is -2.28. The molecular formula is C20H15NO3. The lowest BCUT2D eigenvalue weighted by atomic mass is 10.0. The fourth-order valence-electron chi connectivity index (χ4n) is 2.92. The number of anilines is 1. The van der Waals surface area contributed by atoms with Crippen molar-refractivity contribution in [2.24, 2.45) is 0 Å². The molecule has 0 saturated heterocycles. The number of ketones is 1. The minimum absolute atomic E-state index is 0.0115. The minimum atomic E-state index is -0.206. The average molecular weight is 317 g/mol. The van der Waals surface area contributed by atoms with Crippen molar-refractivity contribution in [3.8, 4) is 5.75 Å². The van der Waals surface area contributed by atoms with Crippen molar-refractivity contribution in [1.29, 1.82) is 0 Å². The largest absolute Gasteiger partial charge is 0.482 e. The van der Waals surface area contributed by atoms with Crippen molar-refractivity contribution in [2.75, 3.05) is 18.1 Å². The first-order chi connectivity index (χ1) is 11.7. The van der Waals surface area contributed by atoms with Gasteiger partial charge >= 0.3 is 0 Å². The molecular weight excluding hydrogens is 302 g/mol. The number of nitrogens with zero attached hydrogens (tertiary/aromatic N) is 1. The fraction of sp³-hybridized carbons (Fsp3) is 0.100. The van der Waals surface area contributed by atoms with Crippen molar-refractivity contribution in [2.45, 2.75) is 0 Å². The summed E-state index contributed by atoms with van der Waals surface area (Å²) in [6.45, 7) is -0.0282. The lowest BCUT2D eigenvalue weighted by molar-refractivity contribution is -0.121. The summed E-state index contributed by atoms with van der Waals surface area (Å²) in [6.07, 6.45) is 0. The van der Waals surface area contributed by atoms with Crippen LogP contribution >= 0.6 is 0 Å². The Morgan fingerprint density at radius 1 is 0.958 bits per heavy atom. The Bertz CT molecular complexity index is 948. The SMILES string of the molecule is O=C(CN1C(=O)COc2ccccc21)c1ccc2ccccc2c1. The van der Waals surface area contributed by atoms with Crippen LogP contribution in [0.4, 0.5) is 5.69 Å². The second-order valence-electron chi connectivity index (χ2n) is 5.72. The predicted molar refractivity (Wildman–Crippen MR) is 92.6 cm³/mol. The van der Waals surface area contributed by atoms with Crippen LogP contribution in [0.3, 0.4) is 0 Å². The van der Waals surface area contributed by atoms with Gasteiger partial charge in [-0.15, -0.1) is 0 Å². The molecule has 0 aliphatic carbocycles. The van der Waals surface area contributed by atoms with Crippen LogP contribution in [0, 0.1) is 0 Å². The van der Waals surface area contributed by atoms with E-state index in [9.17, 15) is 9.59 Å². The first-order valence-electron chi connectivity index (χ1n) is 7.76. The fourth-order valence-corrected chi connectivity index (χ4v) is 2.92. The molecule has 3 aromatic carbocycles. The number of hydrogen-bond donors (Lipinski definition) is 0. The third-order valence-electron chi connectivity index (χ3n) is 4.18. The van der Waals surface area contributed by atoms with Gasteiger partial charge in [0, 0.05) is 5.56 Å². The maximum atomic E-state index is 12.7. The summed E-state index contributed by atoms with van der Waals surface area (Å²) in [7, 11) is 0. The zero-order valence-corrected chi connectivity index (χ0v) is 12.9. The Labute approximate surface area is 139 Å². The lowest BCUT2D eigenvalue weighted by Crippen LogP contribution is -2.41. The average Bonchev–Trinajstić information content (AvgIpc) is 2.63. The standard InChI is InChI=1S/C20H15NO3/c22-18(16-10-9-14-5-1-2-6-15(14)11-16)12-21-17-7-3-4-8-19(17)24-13-20(21)23/h1-11H,12-13H2. The van der Waals surface area contributed by atoms with Gasteiger partial charge in [-0.1, -0.05) is 48.5 Å². The van der Waals surface area contributed by atoms with E-state index in [0.717, 1.165) is 10.8 Å². The molecule has 1 amide bonds. The molecule has 1 aliphatic rings. The van der Waals surface area contributed by atoms with Crippen LogP contribution in [-0.2, 0) is 4.79 Å². The smallest absolute Gasteiger partial charge is 0.265 e. The van der Waals surface area contributed by atoms with E-state index in [-0.39, 0.29) is 24.8 Å². The number of Topliss-reactive ketones (excluding diaryl/α,β-unsaturated/α-hetero) is 1. The second kappa shape index (κ2) is 5.81. The van der Waals surface area contributed by atoms with E-state index in [1.54, 1.807) is 12.1 Å². The molecule has 24 heavy (non-hydrogen) atoms. The van der Waals surface area contributed by atoms with E-state index in [4.69, 9.17) is 4.74 Å². The Morgan fingerprint density at radius 3 is 2.58 bits per heavy atom. The van der Waals surface area contributed by atoms with Crippen LogP contribution in [0.15, 0.2) is 66.7 Å². The molecule has 0 unspecified atom stereocenters. The number of hydrogen-bond acceptors (Lipinski definition) is 3. The van der Waals surface area contributed by atoms with Gasteiger partial charge in [-0.25, -0.2) is 0 Å². The minimum Gasteiger partial charge on any atom is -0.482 e. The molecule has 4 heteroatoms. The molecule has 0 saturated carbocycles. The number of amides is 1. The molecule has 4 rings (SSSR count). The molecule has 1 aliphatic heterocycles. The first-order valence-corrected chi connectivity index (χ1v) is 7.76. The number of carbonyl (C=O) groups is 2. The summed E-state index contributed by atoms with van der Waals surface area (Å²) >= 11 is 0. The topological polar surface area (TPSA) is 46.6 Å². The van der Waals surface area contributed by atoms with Crippen LogP contribution in [0.25, 0.3) is 10.8 Å². The third kappa shape index (κ3) is 2.52. The molecule has 0 fully saturated rings. The van der Waals surface area contributed by atoms with Crippen LogP contribution in [0.5, 0.6) is 5.75 Å². The Hall–Kier alpha value is -3.14. The van der Waals surface area contributed by atoms with Crippen LogP contribution in [0.2, 0.25) is 0 Å². The summed E-state index contributed by atoms with van der Waals surface area (Å²) < 4.78 is 5.41. The highest BCUT2D eigenvalue weighted by Gasteiger charge is 2.27. The van der Waals surface area contributed by atoms with Gasteiger partial charge in [-0.2, -0.15) is 0 Å². The van der Waals surface area contributed by atoms with E-state index in [1.165, 1.54) is 4.90 Å². The van der Waals surface area contributed by atoms with Gasteiger partial charge in [0.15, 0.2) is 12.4 Å². The zero-order valence-electron chi connectivity index (χ0n) is 12.9. The van der Waals surface area contributed by atoms with Gasteiger partial charge < -0.3 is 4.74 Å². The molecule has 0 radical (unpaired) electrons. The van der Waals surface area contributed by atoms with Crippen LogP contribution in [0.1, 0.15) is 10.4 Å². The summed E-state index contributed by atoms with van der Waals surface area (Å²) in [5.74, 6) is 0.331. The van der Waals surface area contributed by atoms with Crippen molar-refractivity contribution >= 4 is 28.2 Å². The highest BCUT2D eigenvalue weighted by Crippen LogP contribution is 2.31. The van der Waals surface area contributed by atoms with Crippen molar-refractivity contribution < 1.29 is 14.3 Å². The molecule has 0 aromatic heterocycles. The van der Waals surface area contributed by atoms with Crippen LogP contribution < -0.4 is 9.64 Å². The van der Waals surface area contributed by atoms with Gasteiger partial charge in [-0.05, 0) is 29.0 Å². The highest BCUT2D eigenvalue weighted by molar-refractivity contribution is 6.08. The van der Waals surface area contributed by atoms with Gasteiger partial charge in [0.25, 0.3) is 5.91 Å². The Kier molecular flexibility index (Phi) is 3.50. The summed E-state index contributed by atoms with van der Waals surface area (Å²) in [6, 6.07) is 20.8. The maximum Gasteiger partial charge on any atom is 0.265 e. The van der Waals surface area contributed by atoms with E-state index in [1.807, 2.05) is 54.6 Å². The molecule has 0 N–H and O–H groups in total. The quantitative estimate of drug-likeness (QED) is 0.695. The van der Waals surface area contributed by atoms with Crippen LogP contribution in [-0.4, -0.2) is 24.8 Å². The number of para-hydroxylation sites is 2. The molecule has 0 bridgehead atoms. The number of rotatable bonds is 3. The number of ether oxygens (including phenoxy) is 1. The number of carbonyl (C=O) groups excluding carboxylic acids is 2. The monoisotopic (exact) mass is 317 g/mol. The van der Waals surface area contributed by atoms with Crippen molar-refractivity contribution in [1.82, 2.24) is 0 Å². The molecule has 3 aromatic rings. The molecule has 0 spiro atoms. The normalized spacial score (nSPS) is 13.5. The first kappa shape index (κ1) is 14.5. The highest BCUT2D eigenvalue weighted by atomic mass is 16.5. The second-order valence-corrected chi connectivity index (χ2v) is 5.72. The van der Waals surface area contributed by atoms with Gasteiger partial charge in [-0.3, -0.25) is 14.5 Å². The van der Waals surface area contributed by atoms with E-state index >= 15 is 0 Å². The zero-order chi connectivity index (χ0) is 16.5. The molecule has 0 atom stereocenters. The summed E-state index contributed by atoms with van der Waals surface area (Å²) in [4.78, 5) is 26.4. The number of benzene rings is 3. The molecule has 4 nitrogen and oxygen atoms in total. The predicted octanol–water partition coefficient (Wildman–Crippen LogP) is 3.45. The van der Waals surface area contributed by atoms with Gasteiger partial charge in [0.2, 0.25) is 0 Å². The summed E-state index contributed by atoms with van der Waals surface area (Å²) in [5, 5.41) is 2.10. The van der Waals surface area contributed by atoms with Gasteiger partial charge in [0.1, 0.15) is 5.75 Å². The summed E-state index contributed by atoms with van der Waals surface area (Å²) in [5.41, 5.74) is 1.24. The van der Waals surface area contributed by atoms with Gasteiger partial charge in [0.05, 0.1) is 12.2 Å². The van der Waals surface area contributed by atoms with E-state index < -0.39 is 0 Å². The molecule has 118 valence electrons. The maximum absolute atomic E-state index is 12.7. The molecule has 1 heterocycles. The van der Waals surface area contributed by atoms with E-state index in [2.05, 4.69) is 0 Å². The van der Waals surface area contributed by atoms with Crippen molar-refractivity contribution in [3.05, 3.63) is 72.3 Å². The van der Waals surface area contributed by atoms with E-state index in [0.29, 0.717) is 17.0 Å². The Morgan fingerprint density at radius 2 is 1.71 bits per heavy atom. The number of fused-ring (bicyclic) bond motifs is 2. The third-order valence-corrected chi connectivity index (χ3v) is 4.18. The Balaban J connectivity index is 1.64.